The predicted octanol–water partition coefficient (Wildman–Crippen LogP) is 2.94. The minimum absolute atomic E-state index is 0.256. The second kappa shape index (κ2) is 6.90. The fourth-order valence-corrected chi connectivity index (χ4v) is 3.04. The van der Waals surface area contributed by atoms with Gasteiger partial charge < -0.3 is 14.8 Å². The average molecular weight is 267 g/mol. The number of benzene rings is 1. The third kappa shape index (κ3) is 3.33. The van der Waals surface area contributed by atoms with E-state index in [2.05, 4.69) is 12.2 Å². The summed E-state index contributed by atoms with van der Waals surface area (Å²) in [5.74, 6) is 2.84. The number of rotatable bonds is 6. The van der Waals surface area contributed by atoms with Gasteiger partial charge in [0.1, 0.15) is 17.6 Å². The fourth-order valence-electron chi connectivity index (χ4n) is 1.95. The number of nitrogens with one attached hydrogen (secondary N) is 1. The first-order valence-electron chi connectivity index (χ1n) is 6.52. The first-order chi connectivity index (χ1) is 8.85. The smallest absolute Gasteiger partial charge is 0.137 e. The van der Waals surface area contributed by atoms with Crippen molar-refractivity contribution in [2.75, 3.05) is 26.0 Å². The summed E-state index contributed by atoms with van der Waals surface area (Å²) in [6.45, 7) is 4.20. The summed E-state index contributed by atoms with van der Waals surface area (Å²) in [6, 6.07) is 5.98. The summed E-state index contributed by atoms with van der Waals surface area (Å²) in [7, 11) is 1.70. The van der Waals surface area contributed by atoms with Crippen LogP contribution in [0, 0.1) is 0 Å². The van der Waals surface area contributed by atoms with Crippen molar-refractivity contribution in [2.24, 2.45) is 0 Å². The third-order valence-electron chi connectivity index (χ3n) is 2.95. The van der Waals surface area contributed by atoms with Crippen molar-refractivity contribution in [3.8, 4) is 11.5 Å². The van der Waals surface area contributed by atoms with Gasteiger partial charge in [-0.1, -0.05) is 19.4 Å². The van der Waals surface area contributed by atoms with E-state index in [1.807, 2.05) is 30.0 Å². The number of hydrogen-bond donors (Lipinski definition) is 1. The lowest BCUT2D eigenvalue weighted by Gasteiger charge is -2.26. The van der Waals surface area contributed by atoms with Crippen LogP contribution in [0.5, 0.6) is 11.5 Å². The van der Waals surface area contributed by atoms with E-state index in [4.69, 9.17) is 9.47 Å². The van der Waals surface area contributed by atoms with Crippen LogP contribution in [0.4, 0.5) is 0 Å². The van der Waals surface area contributed by atoms with Crippen molar-refractivity contribution in [1.29, 1.82) is 0 Å². The van der Waals surface area contributed by atoms with Gasteiger partial charge in [-0.05, 0) is 25.1 Å². The highest BCUT2D eigenvalue weighted by Crippen LogP contribution is 2.41. The molecule has 100 valence electrons. The second-order valence-electron chi connectivity index (χ2n) is 4.40. The predicted molar refractivity (Wildman–Crippen MR) is 75.9 cm³/mol. The van der Waals surface area contributed by atoms with Crippen LogP contribution < -0.4 is 14.8 Å². The van der Waals surface area contributed by atoms with E-state index in [0.29, 0.717) is 0 Å². The van der Waals surface area contributed by atoms with E-state index in [-0.39, 0.29) is 6.10 Å². The highest BCUT2D eigenvalue weighted by molar-refractivity contribution is 7.99. The zero-order valence-corrected chi connectivity index (χ0v) is 11.9. The first kappa shape index (κ1) is 13.6. The minimum Gasteiger partial charge on any atom is -0.495 e. The van der Waals surface area contributed by atoms with Gasteiger partial charge in [-0.3, -0.25) is 0 Å². The average Bonchev–Trinajstić information content (AvgIpc) is 2.42. The number of ether oxygens (including phenoxy) is 2. The van der Waals surface area contributed by atoms with Gasteiger partial charge in [0.15, 0.2) is 0 Å². The quantitative estimate of drug-likeness (QED) is 0.803. The largest absolute Gasteiger partial charge is 0.495 e. The summed E-state index contributed by atoms with van der Waals surface area (Å²) in [5, 5.41) is 3.45. The van der Waals surface area contributed by atoms with Crippen molar-refractivity contribution >= 4 is 11.8 Å². The van der Waals surface area contributed by atoms with Crippen molar-refractivity contribution < 1.29 is 9.47 Å². The van der Waals surface area contributed by atoms with Crippen LogP contribution in [0.1, 0.15) is 19.8 Å². The summed E-state index contributed by atoms with van der Waals surface area (Å²) in [5.41, 5.74) is 0. The lowest BCUT2D eigenvalue weighted by molar-refractivity contribution is 0.209. The molecule has 1 aromatic rings. The Balaban J connectivity index is 1.90. The normalized spacial score (nSPS) is 18.0. The summed E-state index contributed by atoms with van der Waals surface area (Å²) in [4.78, 5) is 1.13. The van der Waals surface area contributed by atoms with E-state index < -0.39 is 0 Å². The zero-order valence-electron chi connectivity index (χ0n) is 11.1. The Kier molecular flexibility index (Phi) is 5.20. The van der Waals surface area contributed by atoms with E-state index in [0.717, 1.165) is 35.2 Å². The molecule has 1 aromatic carbocycles. The maximum absolute atomic E-state index is 5.99. The molecule has 4 heteroatoms. The Labute approximate surface area is 113 Å². The Hall–Kier alpha value is -0.870. The lowest BCUT2D eigenvalue weighted by Crippen LogP contribution is -2.35. The van der Waals surface area contributed by atoms with Gasteiger partial charge >= 0.3 is 0 Å². The fraction of sp³-hybridized carbons (Fsp3) is 0.571. The Morgan fingerprint density at radius 3 is 3.17 bits per heavy atom. The number of unbranched alkanes of at least 4 members (excludes halogenated alkanes) is 1. The van der Waals surface area contributed by atoms with Crippen molar-refractivity contribution in [2.45, 2.75) is 30.8 Å². The maximum atomic E-state index is 5.99. The molecule has 1 N–H and O–H groups in total. The SMILES string of the molecule is CCCCNCC1CSc2c(OC)cccc2O1. The summed E-state index contributed by atoms with van der Waals surface area (Å²) in [6.07, 6.45) is 2.71. The highest BCUT2D eigenvalue weighted by atomic mass is 32.2. The van der Waals surface area contributed by atoms with Gasteiger partial charge in [0.25, 0.3) is 0 Å². The van der Waals surface area contributed by atoms with Gasteiger partial charge in [-0.25, -0.2) is 0 Å². The van der Waals surface area contributed by atoms with Gasteiger partial charge in [-0.2, -0.15) is 0 Å². The molecular weight excluding hydrogens is 246 g/mol. The Morgan fingerprint density at radius 2 is 2.39 bits per heavy atom. The van der Waals surface area contributed by atoms with Crippen molar-refractivity contribution in [3.63, 3.8) is 0 Å². The van der Waals surface area contributed by atoms with E-state index in [9.17, 15) is 0 Å². The number of hydrogen-bond acceptors (Lipinski definition) is 4. The summed E-state index contributed by atoms with van der Waals surface area (Å²) < 4.78 is 11.3. The molecule has 0 amide bonds. The molecule has 0 aromatic heterocycles. The molecule has 0 radical (unpaired) electrons. The van der Waals surface area contributed by atoms with Gasteiger partial charge in [0, 0.05) is 12.3 Å². The Morgan fingerprint density at radius 1 is 1.50 bits per heavy atom. The summed E-state index contributed by atoms with van der Waals surface area (Å²) >= 11 is 1.82. The minimum atomic E-state index is 0.256. The lowest BCUT2D eigenvalue weighted by atomic mass is 10.3. The van der Waals surface area contributed by atoms with Crippen LogP contribution in [-0.4, -0.2) is 32.1 Å². The standard InChI is InChI=1S/C14H21NO2S/c1-3-4-8-15-9-11-10-18-14-12(16-2)6-5-7-13(14)17-11/h5-7,11,15H,3-4,8-10H2,1-2H3. The molecule has 0 saturated heterocycles. The molecule has 2 rings (SSSR count). The maximum Gasteiger partial charge on any atom is 0.137 e. The molecule has 1 aliphatic heterocycles. The molecule has 1 unspecified atom stereocenters. The molecule has 0 fully saturated rings. The molecule has 1 aliphatic rings. The van der Waals surface area contributed by atoms with Crippen LogP contribution in [0.25, 0.3) is 0 Å². The number of methoxy groups -OCH3 is 1. The van der Waals surface area contributed by atoms with Gasteiger partial charge in [0.2, 0.25) is 0 Å². The highest BCUT2D eigenvalue weighted by Gasteiger charge is 2.22. The number of thioether (sulfide) groups is 1. The Bertz CT molecular complexity index is 384. The van der Waals surface area contributed by atoms with E-state index >= 15 is 0 Å². The molecule has 0 saturated carbocycles. The second-order valence-corrected chi connectivity index (χ2v) is 5.43. The van der Waals surface area contributed by atoms with Crippen LogP contribution >= 0.6 is 11.8 Å². The van der Waals surface area contributed by atoms with Crippen LogP contribution in [-0.2, 0) is 0 Å². The molecule has 0 aliphatic carbocycles. The molecular formula is C14H21NO2S. The molecule has 1 atom stereocenters. The molecule has 0 spiro atoms. The topological polar surface area (TPSA) is 30.5 Å². The van der Waals surface area contributed by atoms with Gasteiger partial charge in [-0.15, -0.1) is 11.8 Å². The molecule has 3 nitrogen and oxygen atoms in total. The number of fused-ring (bicyclic) bond motifs is 1. The molecule has 1 heterocycles. The van der Waals surface area contributed by atoms with E-state index in [1.165, 1.54) is 12.8 Å². The van der Waals surface area contributed by atoms with E-state index in [1.54, 1.807) is 7.11 Å². The molecule has 0 bridgehead atoms. The zero-order chi connectivity index (χ0) is 12.8. The van der Waals surface area contributed by atoms with Crippen LogP contribution in [0.3, 0.4) is 0 Å². The molecule has 18 heavy (non-hydrogen) atoms. The monoisotopic (exact) mass is 267 g/mol. The third-order valence-corrected chi connectivity index (χ3v) is 4.18. The van der Waals surface area contributed by atoms with Crippen molar-refractivity contribution in [1.82, 2.24) is 5.32 Å². The van der Waals surface area contributed by atoms with Crippen LogP contribution in [0.2, 0.25) is 0 Å². The van der Waals surface area contributed by atoms with Gasteiger partial charge in [0.05, 0.1) is 12.0 Å². The van der Waals surface area contributed by atoms with Crippen molar-refractivity contribution in [3.05, 3.63) is 18.2 Å². The first-order valence-corrected chi connectivity index (χ1v) is 7.51. The van der Waals surface area contributed by atoms with Crippen LogP contribution in [0.15, 0.2) is 23.1 Å².